The number of aliphatic hydroxyl groups excluding tert-OH is 1. The third-order valence-electron chi connectivity index (χ3n) is 4.09. The second kappa shape index (κ2) is 5.66. The summed E-state index contributed by atoms with van der Waals surface area (Å²) in [5.74, 6) is 0.0989. The fourth-order valence-corrected chi connectivity index (χ4v) is 2.91. The molecule has 0 aliphatic heterocycles. The van der Waals surface area contributed by atoms with Crippen molar-refractivity contribution in [1.82, 2.24) is 0 Å². The Labute approximate surface area is 128 Å². The Morgan fingerprint density at radius 3 is 2.24 bits per heavy atom. The first kappa shape index (κ1) is 14.4. The molecule has 4 heteroatoms. The van der Waals surface area contributed by atoms with Crippen LogP contribution in [0.3, 0.4) is 0 Å². The molecular weight excluding hydrogens is 289 g/mol. The average molecular weight is 306 g/mol. The normalized spacial score (nSPS) is 17.3. The summed E-state index contributed by atoms with van der Waals surface area (Å²) in [5, 5.41) is 14.1. The maximum absolute atomic E-state index is 13.0. The van der Waals surface area contributed by atoms with Crippen molar-refractivity contribution in [3.63, 3.8) is 0 Å². The van der Waals surface area contributed by atoms with Crippen LogP contribution in [0.5, 0.6) is 0 Å². The zero-order chi connectivity index (χ0) is 14.9. The van der Waals surface area contributed by atoms with E-state index in [4.69, 9.17) is 11.6 Å². The minimum atomic E-state index is -0.539. The van der Waals surface area contributed by atoms with Crippen LogP contribution in [0.1, 0.15) is 18.4 Å². The summed E-state index contributed by atoms with van der Waals surface area (Å²) in [6.45, 7) is -0.0172. The van der Waals surface area contributed by atoms with Gasteiger partial charge in [0.1, 0.15) is 5.82 Å². The van der Waals surface area contributed by atoms with Crippen LogP contribution in [0, 0.1) is 11.7 Å². The van der Waals surface area contributed by atoms with E-state index in [1.807, 2.05) is 24.3 Å². The molecule has 1 saturated carbocycles. The van der Waals surface area contributed by atoms with Crippen LogP contribution in [0.4, 0.5) is 10.1 Å². The summed E-state index contributed by atoms with van der Waals surface area (Å²) in [5.41, 5.74) is 1.26. The van der Waals surface area contributed by atoms with Crippen molar-refractivity contribution < 1.29 is 9.50 Å². The third-order valence-corrected chi connectivity index (χ3v) is 4.35. The van der Waals surface area contributed by atoms with E-state index in [0.717, 1.165) is 24.1 Å². The van der Waals surface area contributed by atoms with Gasteiger partial charge < -0.3 is 10.4 Å². The van der Waals surface area contributed by atoms with Gasteiger partial charge in [0.05, 0.1) is 12.1 Å². The molecule has 1 fully saturated rings. The first-order chi connectivity index (χ1) is 10.1. The van der Waals surface area contributed by atoms with Crippen molar-refractivity contribution in [2.24, 2.45) is 5.92 Å². The number of anilines is 1. The van der Waals surface area contributed by atoms with Crippen LogP contribution >= 0.6 is 11.6 Å². The number of rotatable bonds is 5. The van der Waals surface area contributed by atoms with Crippen LogP contribution in [-0.2, 0) is 5.54 Å². The van der Waals surface area contributed by atoms with E-state index in [9.17, 15) is 9.50 Å². The van der Waals surface area contributed by atoms with Crippen LogP contribution in [-0.4, -0.2) is 11.7 Å². The van der Waals surface area contributed by atoms with Crippen molar-refractivity contribution in [1.29, 1.82) is 0 Å². The summed E-state index contributed by atoms with van der Waals surface area (Å²) >= 11 is 5.95. The zero-order valence-electron chi connectivity index (χ0n) is 11.5. The molecule has 0 amide bonds. The molecule has 2 N–H and O–H groups in total. The summed E-state index contributed by atoms with van der Waals surface area (Å²) in [6, 6.07) is 13.8. The standard InChI is InChI=1S/C17H17ClFNO/c18-14-5-3-13(4-6-14)17(11-21,12-1-2-12)20-16-9-7-15(19)8-10-16/h3-10,12,20-21H,1-2,11H2. The van der Waals surface area contributed by atoms with E-state index >= 15 is 0 Å². The first-order valence-corrected chi connectivity index (χ1v) is 7.42. The van der Waals surface area contributed by atoms with Crippen LogP contribution in [0.15, 0.2) is 48.5 Å². The van der Waals surface area contributed by atoms with Gasteiger partial charge in [-0.3, -0.25) is 0 Å². The lowest BCUT2D eigenvalue weighted by molar-refractivity contribution is 0.193. The Morgan fingerprint density at radius 2 is 1.71 bits per heavy atom. The van der Waals surface area contributed by atoms with Crippen LogP contribution in [0.2, 0.25) is 5.02 Å². The Kier molecular flexibility index (Phi) is 3.87. The van der Waals surface area contributed by atoms with Gasteiger partial charge in [-0.15, -0.1) is 0 Å². The summed E-state index contributed by atoms with van der Waals surface area (Å²) in [7, 11) is 0. The molecule has 2 aromatic carbocycles. The minimum absolute atomic E-state index is 0.0172. The Bertz CT molecular complexity index is 610. The van der Waals surface area contributed by atoms with E-state index in [2.05, 4.69) is 5.32 Å². The molecule has 0 heterocycles. The molecule has 1 aliphatic carbocycles. The smallest absolute Gasteiger partial charge is 0.123 e. The summed E-state index contributed by atoms with van der Waals surface area (Å²) in [6.07, 6.45) is 2.13. The second-order valence-electron chi connectivity index (χ2n) is 5.54. The molecule has 3 rings (SSSR count). The topological polar surface area (TPSA) is 32.3 Å². The highest BCUT2D eigenvalue weighted by atomic mass is 35.5. The van der Waals surface area contributed by atoms with E-state index in [0.29, 0.717) is 10.9 Å². The number of hydrogen-bond acceptors (Lipinski definition) is 2. The molecule has 0 spiro atoms. The van der Waals surface area contributed by atoms with Crippen molar-refractivity contribution in [3.05, 3.63) is 64.9 Å². The molecule has 1 atom stereocenters. The molecule has 2 nitrogen and oxygen atoms in total. The molecule has 21 heavy (non-hydrogen) atoms. The summed E-state index contributed by atoms with van der Waals surface area (Å²) in [4.78, 5) is 0. The van der Waals surface area contributed by atoms with Gasteiger partial charge in [-0.05, 0) is 60.7 Å². The second-order valence-corrected chi connectivity index (χ2v) is 5.98. The lowest BCUT2D eigenvalue weighted by atomic mass is 9.85. The van der Waals surface area contributed by atoms with E-state index in [1.54, 1.807) is 12.1 Å². The fraction of sp³-hybridized carbons (Fsp3) is 0.294. The van der Waals surface area contributed by atoms with Gasteiger partial charge in [-0.1, -0.05) is 23.7 Å². The maximum atomic E-state index is 13.0. The highest BCUT2D eigenvalue weighted by Gasteiger charge is 2.46. The molecule has 1 unspecified atom stereocenters. The third kappa shape index (κ3) is 2.89. The van der Waals surface area contributed by atoms with E-state index in [-0.39, 0.29) is 12.4 Å². The Morgan fingerprint density at radius 1 is 1.10 bits per heavy atom. The van der Waals surface area contributed by atoms with Gasteiger partial charge >= 0.3 is 0 Å². The number of benzene rings is 2. The highest BCUT2D eigenvalue weighted by Crippen LogP contribution is 2.47. The predicted octanol–water partition coefficient (Wildman–Crippen LogP) is 4.19. The number of halogens is 2. The highest BCUT2D eigenvalue weighted by molar-refractivity contribution is 6.30. The van der Waals surface area contributed by atoms with Crippen LogP contribution < -0.4 is 5.32 Å². The van der Waals surface area contributed by atoms with Gasteiger partial charge in [0, 0.05) is 10.7 Å². The molecule has 0 aromatic heterocycles. The van der Waals surface area contributed by atoms with Crippen molar-refractivity contribution in [3.8, 4) is 0 Å². The zero-order valence-corrected chi connectivity index (χ0v) is 12.3. The van der Waals surface area contributed by atoms with E-state index in [1.165, 1.54) is 12.1 Å². The lowest BCUT2D eigenvalue weighted by Gasteiger charge is -2.35. The minimum Gasteiger partial charge on any atom is -0.394 e. The molecule has 110 valence electrons. The average Bonchev–Trinajstić information content (AvgIpc) is 3.33. The lowest BCUT2D eigenvalue weighted by Crippen LogP contribution is -2.41. The summed E-state index contributed by atoms with van der Waals surface area (Å²) < 4.78 is 13.0. The number of hydrogen-bond donors (Lipinski definition) is 2. The van der Waals surface area contributed by atoms with Crippen LogP contribution in [0.25, 0.3) is 0 Å². The monoisotopic (exact) mass is 305 g/mol. The molecule has 0 radical (unpaired) electrons. The predicted molar refractivity (Wildman–Crippen MR) is 83.0 cm³/mol. The van der Waals surface area contributed by atoms with Gasteiger partial charge in [-0.25, -0.2) is 4.39 Å². The molecule has 1 aliphatic rings. The van der Waals surface area contributed by atoms with Gasteiger partial charge in [0.15, 0.2) is 0 Å². The van der Waals surface area contributed by atoms with Gasteiger partial charge in [0.25, 0.3) is 0 Å². The first-order valence-electron chi connectivity index (χ1n) is 7.05. The number of aliphatic hydroxyl groups is 1. The molecule has 0 bridgehead atoms. The molecule has 0 saturated heterocycles. The number of nitrogens with one attached hydrogen (secondary N) is 1. The van der Waals surface area contributed by atoms with Crippen molar-refractivity contribution in [2.75, 3.05) is 11.9 Å². The Hall–Kier alpha value is -1.58. The SMILES string of the molecule is OCC(Nc1ccc(F)cc1)(c1ccc(Cl)cc1)C1CC1. The largest absolute Gasteiger partial charge is 0.394 e. The van der Waals surface area contributed by atoms with Gasteiger partial charge in [-0.2, -0.15) is 0 Å². The fourth-order valence-electron chi connectivity index (χ4n) is 2.78. The van der Waals surface area contributed by atoms with Crippen molar-refractivity contribution in [2.45, 2.75) is 18.4 Å². The van der Waals surface area contributed by atoms with Crippen molar-refractivity contribution >= 4 is 17.3 Å². The molecular formula is C17H17ClFNO. The maximum Gasteiger partial charge on any atom is 0.123 e. The quantitative estimate of drug-likeness (QED) is 0.868. The Balaban J connectivity index is 1.96. The molecule has 2 aromatic rings. The van der Waals surface area contributed by atoms with Gasteiger partial charge in [0.2, 0.25) is 0 Å². The van der Waals surface area contributed by atoms with E-state index < -0.39 is 5.54 Å².